The molecule has 0 aromatic heterocycles. The Morgan fingerprint density at radius 3 is 2.64 bits per heavy atom. The normalized spacial score (nSPS) is 11.4. The Kier molecular flexibility index (Phi) is 5.51. The lowest BCUT2D eigenvalue weighted by atomic mass is 10.2. The number of ether oxygens (including phenoxy) is 1. The largest absolute Gasteiger partial charge is 0.497 e. The number of methoxy groups -OCH3 is 1. The van der Waals surface area contributed by atoms with Gasteiger partial charge in [-0.05, 0) is 30.2 Å². The molecule has 4 nitrogen and oxygen atoms in total. The lowest BCUT2D eigenvalue weighted by molar-refractivity contribution is 0.414. The Bertz CT molecular complexity index is 732. The second kappa shape index (κ2) is 7.38. The van der Waals surface area contributed by atoms with Crippen LogP contribution < -0.4 is 9.46 Å². The summed E-state index contributed by atoms with van der Waals surface area (Å²) < 4.78 is 44.9. The van der Waals surface area contributed by atoms with Crippen LogP contribution in [0.5, 0.6) is 5.75 Å². The van der Waals surface area contributed by atoms with Crippen molar-refractivity contribution in [1.82, 2.24) is 4.72 Å². The van der Waals surface area contributed by atoms with Crippen LogP contribution in [0, 0.1) is 5.82 Å². The van der Waals surface area contributed by atoms with E-state index in [1.807, 2.05) is 12.1 Å². The number of hydrogen-bond acceptors (Lipinski definition) is 3. The van der Waals surface area contributed by atoms with Crippen LogP contribution in [0.4, 0.5) is 4.39 Å². The summed E-state index contributed by atoms with van der Waals surface area (Å²) in [7, 11) is -1.91. The molecular formula is C16H18FNO3S. The maximum Gasteiger partial charge on any atom is 0.212 e. The monoisotopic (exact) mass is 323 g/mol. The predicted molar refractivity (Wildman–Crippen MR) is 83.7 cm³/mol. The van der Waals surface area contributed by atoms with Gasteiger partial charge in [-0.2, -0.15) is 0 Å². The van der Waals surface area contributed by atoms with Gasteiger partial charge in [0.15, 0.2) is 0 Å². The molecule has 118 valence electrons. The third-order valence-corrected chi connectivity index (χ3v) is 4.56. The zero-order valence-electron chi connectivity index (χ0n) is 12.3. The van der Waals surface area contributed by atoms with Gasteiger partial charge in [0.2, 0.25) is 10.0 Å². The molecule has 0 saturated carbocycles. The van der Waals surface area contributed by atoms with Gasteiger partial charge in [0.05, 0.1) is 12.9 Å². The molecule has 2 aromatic carbocycles. The van der Waals surface area contributed by atoms with Gasteiger partial charge in [0.25, 0.3) is 0 Å². The van der Waals surface area contributed by atoms with E-state index in [2.05, 4.69) is 4.72 Å². The van der Waals surface area contributed by atoms with Gasteiger partial charge in [0, 0.05) is 12.1 Å². The molecule has 0 amide bonds. The Labute approximate surface area is 130 Å². The van der Waals surface area contributed by atoms with E-state index in [-0.39, 0.29) is 12.3 Å². The van der Waals surface area contributed by atoms with Crippen LogP contribution in [0.2, 0.25) is 0 Å². The highest BCUT2D eigenvalue weighted by atomic mass is 32.2. The molecule has 0 saturated heterocycles. The van der Waals surface area contributed by atoms with Gasteiger partial charge < -0.3 is 4.74 Å². The molecular weight excluding hydrogens is 305 g/mol. The highest BCUT2D eigenvalue weighted by Gasteiger charge is 2.12. The molecule has 0 aliphatic rings. The summed E-state index contributed by atoms with van der Waals surface area (Å²) >= 11 is 0. The first-order valence-corrected chi connectivity index (χ1v) is 8.49. The Balaban J connectivity index is 1.92. The number of sulfonamides is 1. The van der Waals surface area contributed by atoms with Crippen molar-refractivity contribution in [1.29, 1.82) is 0 Å². The van der Waals surface area contributed by atoms with Crippen molar-refractivity contribution in [3.63, 3.8) is 0 Å². The van der Waals surface area contributed by atoms with E-state index in [1.54, 1.807) is 37.4 Å². The van der Waals surface area contributed by atoms with Crippen molar-refractivity contribution in [2.75, 3.05) is 12.9 Å². The van der Waals surface area contributed by atoms with Crippen molar-refractivity contribution in [2.24, 2.45) is 0 Å². The zero-order valence-corrected chi connectivity index (χ0v) is 13.1. The topological polar surface area (TPSA) is 55.4 Å². The van der Waals surface area contributed by atoms with Gasteiger partial charge in [0.1, 0.15) is 11.6 Å². The van der Waals surface area contributed by atoms with Crippen molar-refractivity contribution < 1.29 is 17.5 Å². The Morgan fingerprint density at radius 1 is 1.14 bits per heavy atom. The van der Waals surface area contributed by atoms with Crippen molar-refractivity contribution in [2.45, 2.75) is 13.0 Å². The molecule has 0 heterocycles. The number of aryl methyl sites for hydroxylation is 1. The zero-order chi connectivity index (χ0) is 16.0. The number of halogens is 1. The fourth-order valence-electron chi connectivity index (χ4n) is 1.98. The highest BCUT2D eigenvalue weighted by molar-refractivity contribution is 7.89. The summed E-state index contributed by atoms with van der Waals surface area (Å²) in [6.45, 7) is -0.0485. The van der Waals surface area contributed by atoms with E-state index < -0.39 is 15.8 Å². The third-order valence-electron chi connectivity index (χ3n) is 3.23. The molecule has 22 heavy (non-hydrogen) atoms. The molecule has 0 bridgehead atoms. The van der Waals surface area contributed by atoms with Crippen LogP contribution in [0.3, 0.4) is 0 Å². The van der Waals surface area contributed by atoms with Crippen molar-refractivity contribution in [3.05, 3.63) is 65.5 Å². The molecule has 0 aliphatic carbocycles. The van der Waals surface area contributed by atoms with E-state index in [1.165, 1.54) is 6.07 Å². The van der Waals surface area contributed by atoms with Crippen molar-refractivity contribution >= 4 is 10.0 Å². The first-order valence-electron chi connectivity index (χ1n) is 6.84. The van der Waals surface area contributed by atoms with Crippen LogP contribution in [0.25, 0.3) is 0 Å². The molecule has 6 heteroatoms. The third kappa shape index (κ3) is 4.82. The first kappa shape index (κ1) is 16.5. The Hall–Kier alpha value is -1.92. The number of rotatable bonds is 7. The maximum atomic E-state index is 13.5. The van der Waals surface area contributed by atoms with E-state index in [0.29, 0.717) is 17.7 Å². The second-order valence-corrected chi connectivity index (χ2v) is 6.76. The molecule has 0 spiro atoms. The molecule has 0 radical (unpaired) electrons. The van der Waals surface area contributed by atoms with Crippen LogP contribution >= 0.6 is 0 Å². The molecule has 0 aliphatic heterocycles. The van der Waals surface area contributed by atoms with Crippen LogP contribution in [0.1, 0.15) is 11.1 Å². The van der Waals surface area contributed by atoms with E-state index in [0.717, 1.165) is 5.56 Å². The lowest BCUT2D eigenvalue weighted by Crippen LogP contribution is -2.27. The summed E-state index contributed by atoms with van der Waals surface area (Å²) in [6.07, 6.45) is 0.365. The summed E-state index contributed by atoms with van der Waals surface area (Å²) in [5.74, 6) is 0.210. The fourth-order valence-corrected chi connectivity index (χ4v) is 3.01. The van der Waals surface area contributed by atoms with Gasteiger partial charge >= 0.3 is 0 Å². The van der Waals surface area contributed by atoms with Gasteiger partial charge in [-0.1, -0.05) is 30.3 Å². The number of hydrogen-bond donors (Lipinski definition) is 1. The van der Waals surface area contributed by atoms with Crippen LogP contribution in [0.15, 0.2) is 48.5 Å². The predicted octanol–water partition coefficient (Wildman–Crippen LogP) is 2.50. The first-order chi connectivity index (χ1) is 10.5. The molecule has 2 aromatic rings. The minimum atomic E-state index is -3.47. The van der Waals surface area contributed by atoms with E-state index in [4.69, 9.17) is 4.74 Å². The highest BCUT2D eigenvalue weighted by Crippen LogP contribution is 2.13. The molecule has 1 N–H and O–H groups in total. The second-order valence-electron chi connectivity index (χ2n) is 4.83. The quantitative estimate of drug-likeness (QED) is 0.852. The standard InChI is InChI=1S/C16H18FNO3S/c1-21-15-7-4-5-13(11-15)9-10-22(19,20)18-12-14-6-2-3-8-16(14)17/h2-8,11,18H,9-10,12H2,1H3. The molecule has 0 fully saturated rings. The van der Waals surface area contributed by atoms with Gasteiger partial charge in [-0.25, -0.2) is 17.5 Å². The van der Waals surface area contributed by atoms with Gasteiger partial charge in [-0.15, -0.1) is 0 Å². The van der Waals surface area contributed by atoms with Crippen LogP contribution in [-0.4, -0.2) is 21.3 Å². The summed E-state index contributed by atoms with van der Waals surface area (Å²) in [4.78, 5) is 0. The summed E-state index contributed by atoms with van der Waals surface area (Å²) in [6, 6.07) is 13.3. The number of benzene rings is 2. The molecule has 0 atom stereocenters. The lowest BCUT2D eigenvalue weighted by Gasteiger charge is -2.08. The van der Waals surface area contributed by atoms with E-state index >= 15 is 0 Å². The van der Waals surface area contributed by atoms with E-state index in [9.17, 15) is 12.8 Å². The minimum Gasteiger partial charge on any atom is -0.497 e. The smallest absolute Gasteiger partial charge is 0.212 e. The summed E-state index contributed by atoms with van der Waals surface area (Å²) in [5, 5.41) is 0. The molecule has 2 rings (SSSR count). The fraction of sp³-hybridized carbons (Fsp3) is 0.250. The van der Waals surface area contributed by atoms with Crippen molar-refractivity contribution in [3.8, 4) is 5.75 Å². The van der Waals surface area contributed by atoms with Crippen LogP contribution in [-0.2, 0) is 23.0 Å². The minimum absolute atomic E-state index is 0.0485. The SMILES string of the molecule is COc1cccc(CCS(=O)(=O)NCc2ccccc2F)c1. The number of nitrogens with one attached hydrogen (secondary N) is 1. The van der Waals surface area contributed by atoms with Gasteiger partial charge in [-0.3, -0.25) is 0 Å². The summed E-state index contributed by atoms with van der Waals surface area (Å²) in [5.41, 5.74) is 1.20. The molecule has 0 unspecified atom stereocenters. The average Bonchev–Trinajstić information content (AvgIpc) is 2.53. The maximum absolute atomic E-state index is 13.5. The average molecular weight is 323 g/mol. The Morgan fingerprint density at radius 2 is 1.91 bits per heavy atom.